The van der Waals surface area contributed by atoms with Crippen molar-refractivity contribution in [1.82, 2.24) is 0 Å². The predicted molar refractivity (Wildman–Crippen MR) is 26.5 cm³/mol. The van der Waals surface area contributed by atoms with Crippen LogP contribution < -0.4 is 5.73 Å². The first-order valence-electron chi connectivity index (χ1n) is 2.27. The Hall–Kier alpha value is -0.120. The summed E-state index contributed by atoms with van der Waals surface area (Å²) in [6.07, 6.45) is 0.281. The molecule has 0 fully saturated rings. The molecule has 0 aliphatic heterocycles. The fourth-order valence-electron chi connectivity index (χ4n) is 0.144. The highest BCUT2D eigenvalue weighted by atomic mass is 16.5. The summed E-state index contributed by atoms with van der Waals surface area (Å²) < 4.78 is 0. The van der Waals surface area contributed by atoms with Crippen molar-refractivity contribution < 1.29 is 10.2 Å². The van der Waals surface area contributed by atoms with Crippen LogP contribution in [0.4, 0.5) is 0 Å². The maximum absolute atomic E-state index is 8.56. The number of nitrogens with two attached hydrogens (primary N) is 1. The van der Waals surface area contributed by atoms with Crippen LogP contribution in [0.1, 0.15) is 13.3 Å². The summed E-state index contributed by atoms with van der Waals surface area (Å²) in [4.78, 5) is 0. The lowest BCUT2D eigenvalue weighted by molar-refractivity contribution is -0.153. The van der Waals surface area contributed by atoms with E-state index in [2.05, 4.69) is 0 Å². The summed E-state index contributed by atoms with van der Waals surface area (Å²) in [5.74, 6) is -1.64. The highest BCUT2D eigenvalue weighted by Crippen LogP contribution is 1.99. The minimum Gasteiger partial charge on any atom is -0.365 e. The summed E-state index contributed by atoms with van der Waals surface area (Å²) in [6, 6.07) is 0. The van der Waals surface area contributed by atoms with Gasteiger partial charge in [0.05, 0.1) is 0 Å². The van der Waals surface area contributed by atoms with Gasteiger partial charge >= 0.3 is 0 Å². The second-order valence-corrected chi connectivity index (χ2v) is 1.54. The van der Waals surface area contributed by atoms with E-state index < -0.39 is 5.79 Å². The number of rotatable bonds is 2. The van der Waals surface area contributed by atoms with Gasteiger partial charge in [0.1, 0.15) is 0 Å². The fraction of sp³-hybridized carbons (Fsp3) is 1.00. The third-order valence-electron chi connectivity index (χ3n) is 0.893. The van der Waals surface area contributed by atoms with Crippen LogP contribution in [0.2, 0.25) is 0 Å². The molecule has 0 bridgehead atoms. The van der Waals surface area contributed by atoms with Crippen LogP contribution in [0.25, 0.3) is 0 Å². The number of hydrogen-bond acceptors (Lipinski definition) is 3. The standard InChI is InChI=1S/C4H11NO2/c1-2-4(6,7)3-5/h6-7H,2-3,5H2,1H3. The molecule has 0 aromatic rings. The van der Waals surface area contributed by atoms with Crippen molar-refractivity contribution >= 4 is 0 Å². The van der Waals surface area contributed by atoms with Gasteiger partial charge in [0, 0.05) is 6.54 Å². The molecule has 0 rings (SSSR count). The zero-order valence-electron chi connectivity index (χ0n) is 4.39. The van der Waals surface area contributed by atoms with Crippen molar-refractivity contribution in [2.75, 3.05) is 6.54 Å². The van der Waals surface area contributed by atoms with Crippen molar-refractivity contribution in [3.8, 4) is 0 Å². The molecule has 0 aromatic heterocycles. The molecule has 3 nitrogen and oxygen atoms in total. The fourth-order valence-corrected chi connectivity index (χ4v) is 0.144. The average molecular weight is 105 g/mol. The van der Waals surface area contributed by atoms with Crippen molar-refractivity contribution in [2.24, 2.45) is 5.73 Å². The monoisotopic (exact) mass is 105 g/mol. The van der Waals surface area contributed by atoms with Crippen LogP contribution in [0, 0.1) is 0 Å². The van der Waals surface area contributed by atoms with Gasteiger partial charge in [-0.3, -0.25) is 0 Å². The first kappa shape index (κ1) is 6.88. The molecule has 0 saturated heterocycles. The Balaban J connectivity index is 3.36. The van der Waals surface area contributed by atoms with E-state index in [9.17, 15) is 0 Å². The van der Waals surface area contributed by atoms with Gasteiger partial charge < -0.3 is 15.9 Å². The van der Waals surface area contributed by atoms with E-state index in [1.807, 2.05) is 0 Å². The van der Waals surface area contributed by atoms with E-state index in [-0.39, 0.29) is 13.0 Å². The molecule has 0 radical (unpaired) electrons. The molecule has 0 amide bonds. The summed E-state index contributed by atoms with van der Waals surface area (Å²) in [7, 11) is 0. The number of hydrogen-bond donors (Lipinski definition) is 3. The van der Waals surface area contributed by atoms with Crippen LogP contribution in [0.15, 0.2) is 0 Å². The van der Waals surface area contributed by atoms with E-state index in [1.54, 1.807) is 6.92 Å². The first-order valence-corrected chi connectivity index (χ1v) is 2.27. The Labute approximate surface area is 42.8 Å². The lowest BCUT2D eigenvalue weighted by atomic mass is 10.2. The second-order valence-electron chi connectivity index (χ2n) is 1.54. The molecular formula is C4H11NO2. The first-order chi connectivity index (χ1) is 3.12. The lowest BCUT2D eigenvalue weighted by Gasteiger charge is -2.15. The summed E-state index contributed by atoms with van der Waals surface area (Å²) >= 11 is 0. The minimum atomic E-state index is -1.64. The molecule has 0 spiro atoms. The molecule has 0 aromatic carbocycles. The van der Waals surface area contributed by atoms with Crippen molar-refractivity contribution in [1.29, 1.82) is 0 Å². The Morgan fingerprint density at radius 1 is 1.57 bits per heavy atom. The molecular weight excluding hydrogens is 94.0 g/mol. The Morgan fingerprint density at radius 3 is 2.00 bits per heavy atom. The molecule has 0 unspecified atom stereocenters. The van der Waals surface area contributed by atoms with Gasteiger partial charge in [0.2, 0.25) is 0 Å². The SMILES string of the molecule is CCC(O)(O)CN. The van der Waals surface area contributed by atoms with Crippen molar-refractivity contribution in [3.63, 3.8) is 0 Å². The molecule has 0 saturated carbocycles. The van der Waals surface area contributed by atoms with Gasteiger partial charge in [-0.1, -0.05) is 6.92 Å². The van der Waals surface area contributed by atoms with Gasteiger partial charge in [0.25, 0.3) is 0 Å². The normalized spacial score (nSPS) is 12.0. The largest absolute Gasteiger partial charge is 0.365 e. The van der Waals surface area contributed by atoms with E-state index in [0.717, 1.165) is 0 Å². The quantitative estimate of drug-likeness (QED) is 0.396. The molecule has 3 heteroatoms. The van der Waals surface area contributed by atoms with Gasteiger partial charge in [-0.05, 0) is 6.42 Å². The Kier molecular flexibility index (Phi) is 2.22. The molecule has 0 aliphatic carbocycles. The third-order valence-corrected chi connectivity index (χ3v) is 0.893. The Bertz CT molecular complexity index is 47.7. The molecule has 0 aliphatic rings. The van der Waals surface area contributed by atoms with E-state index in [4.69, 9.17) is 15.9 Å². The van der Waals surface area contributed by atoms with Crippen molar-refractivity contribution in [3.05, 3.63) is 0 Å². The summed E-state index contributed by atoms with van der Waals surface area (Å²) in [5.41, 5.74) is 4.92. The zero-order valence-corrected chi connectivity index (χ0v) is 4.39. The van der Waals surface area contributed by atoms with Gasteiger partial charge in [-0.15, -0.1) is 0 Å². The van der Waals surface area contributed by atoms with Crippen LogP contribution in [0.3, 0.4) is 0 Å². The summed E-state index contributed by atoms with van der Waals surface area (Å²) in [5, 5.41) is 17.1. The third kappa shape index (κ3) is 2.56. The van der Waals surface area contributed by atoms with Crippen LogP contribution >= 0.6 is 0 Å². The van der Waals surface area contributed by atoms with E-state index >= 15 is 0 Å². The average Bonchev–Trinajstić information content (AvgIpc) is 1.68. The summed E-state index contributed by atoms with van der Waals surface area (Å²) in [6.45, 7) is 1.57. The zero-order chi connectivity index (χ0) is 5.91. The molecule has 7 heavy (non-hydrogen) atoms. The molecule has 0 atom stereocenters. The van der Waals surface area contributed by atoms with Crippen LogP contribution in [-0.2, 0) is 0 Å². The maximum Gasteiger partial charge on any atom is 0.174 e. The smallest absolute Gasteiger partial charge is 0.174 e. The molecule has 4 N–H and O–H groups in total. The molecule has 0 heterocycles. The van der Waals surface area contributed by atoms with Crippen LogP contribution in [0.5, 0.6) is 0 Å². The molecule has 44 valence electrons. The van der Waals surface area contributed by atoms with Gasteiger partial charge in [-0.25, -0.2) is 0 Å². The lowest BCUT2D eigenvalue weighted by Crippen LogP contribution is -2.36. The Morgan fingerprint density at radius 2 is 2.00 bits per heavy atom. The maximum atomic E-state index is 8.56. The highest BCUT2D eigenvalue weighted by Gasteiger charge is 2.15. The highest BCUT2D eigenvalue weighted by molar-refractivity contribution is 4.59. The van der Waals surface area contributed by atoms with Crippen molar-refractivity contribution in [2.45, 2.75) is 19.1 Å². The van der Waals surface area contributed by atoms with Crippen LogP contribution in [-0.4, -0.2) is 22.5 Å². The number of aliphatic hydroxyl groups is 2. The van der Waals surface area contributed by atoms with E-state index in [1.165, 1.54) is 0 Å². The predicted octanol–water partition coefficient (Wildman–Crippen LogP) is -0.964. The minimum absolute atomic E-state index is 0.0938. The topological polar surface area (TPSA) is 66.5 Å². The van der Waals surface area contributed by atoms with Gasteiger partial charge in [-0.2, -0.15) is 0 Å². The van der Waals surface area contributed by atoms with Gasteiger partial charge in [0.15, 0.2) is 5.79 Å². The van der Waals surface area contributed by atoms with E-state index in [0.29, 0.717) is 0 Å². The second kappa shape index (κ2) is 2.26.